The molecule has 0 saturated heterocycles. The fraction of sp³-hybridized carbons (Fsp3) is 0.286. The molecule has 0 fully saturated rings. The summed E-state index contributed by atoms with van der Waals surface area (Å²) in [5, 5.41) is 7.43. The van der Waals surface area contributed by atoms with Gasteiger partial charge in [0.25, 0.3) is 11.9 Å². The quantitative estimate of drug-likeness (QED) is 0.713. The van der Waals surface area contributed by atoms with Crippen molar-refractivity contribution in [2.45, 2.75) is 26.2 Å². The van der Waals surface area contributed by atoms with Crippen LogP contribution in [-0.4, -0.2) is 44.7 Å². The zero-order valence-corrected chi connectivity index (χ0v) is 17.0. The van der Waals surface area contributed by atoms with Crippen molar-refractivity contribution in [3.05, 3.63) is 54.5 Å². The van der Waals surface area contributed by atoms with Crippen molar-refractivity contribution in [2.75, 3.05) is 23.4 Å². The first-order chi connectivity index (χ1) is 14.3. The van der Waals surface area contributed by atoms with E-state index in [-0.39, 0.29) is 30.4 Å². The van der Waals surface area contributed by atoms with Crippen molar-refractivity contribution >= 4 is 23.3 Å². The Morgan fingerprint density at radius 2 is 1.90 bits per heavy atom. The van der Waals surface area contributed by atoms with Gasteiger partial charge in [-0.25, -0.2) is 9.97 Å². The Kier molecular flexibility index (Phi) is 4.94. The maximum atomic E-state index is 12.9. The van der Waals surface area contributed by atoms with Gasteiger partial charge in [0, 0.05) is 23.9 Å². The van der Waals surface area contributed by atoms with Crippen molar-refractivity contribution < 1.29 is 14.3 Å². The first kappa shape index (κ1) is 19.6. The Bertz CT molecular complexity index is 1090. The molecule has 1 N–H and O–H groups in total. The summed E-state index contributed by atoms with van der Waals surface area (Å²) in [6.45, 7) is 5.83. The summed E-state index contributed by atoms with van der Waals surface area (Å²) in [7, 11) is 0. The number of nitrogens with one attached hydrogen (secondary N) is 1. The number of aromatic nitrogens is 4. The molecule has 0 radical (unpaired) electrons. The highest BCUT2D eigenvalue weighted by atomic mass is 16.5. The van der Waals surface area contributed by atoms with Gasteiger partial charge in [0.15, 0.2) is 6.61 Å². The molecule has 2 amide bonds. The van der Waals surface area contributed by atoms with Crippen LogP contribution in [0.2, 0.25) is 0 Å². The highest BCUT2D eigenvalue weighted by molar-refractivity contribution is 6.04. The first-order valence-corrected chi connectivity index (χ1v) is 9.53. The number of carbonyl (C=O) groups excluding carboxylic acids is 2. The normalized spacial score (nSPS) is 13.6. The average Bonchev–Trinajstić information content (AvgIpc) is 3.15. The third-order valence-corrected chi connectivity index (χ3v) is 4.60. The molecule has 154 valence electrons. The number of hydrogen-bond acceptors (Lipinski definition) is 6. The van der Waals surface area contributed by atoms with Crippen LogP contribution in [0, 0.1) is 0 Å². The van der Waals surface area contributed by atoms with Gasteiger partial charge in [-0.3, -0.25) is 14.5 Å². The third kappa shape index (κ3) is 3.86. The molecule has 4 rings (SSSR count). The van der Waals surface area contributed by atoms with Crippen molar-refractivity contribution in [3.63, 3.8) is 0 Å². The van der Waals surface area contributed by atoms with E-state index in [4.69, 9.17) is 4.74 Å². The summed E-state index contributed by atoms with van der Waals surface area (Å²) in [6, 6.07) is 10.6. The van der Waals surface area contributed by atoms with E-state index < -0.39 is 0 Å². The minimum atomic E-state index is -0.363. The van der Waals surface area contributed by atoms with E-state index >= 15 is 0 Å². The lowest BCUT2D eigenvalue weighted by molar-refractivity contribution is -0.123. The number of hydrogen-bond donors (Lipinski definition) is 1. The minimum Gasteiger partial charge on any atom is -0.482 e. The molecule has 0 unspecified atom stereocenters. The lowest BCUT2D eigenvalue weighted by atomic mass is 9.92. The number of benzene rings is 1. The third-order valence-electron chi connectivity index (χ3n) is 4.60. The second-order valence-electron chi connectivity index (χ2n) is 7.91. The van der Waals surface area contributed by atoms with E-state index in [2.05, 4.69) is 20.4 Å². The lowest BCUT2D eigenvalue weighted by Crippen LogP contribution is -2.43. The monoisotopic (exact) mass is 406 g/mol. The summed E-state index contributed by atoms with van der Waals surface area (Å²) >= 11 is 0. The predicted molar refractivity (Wildman–Crippen MR) is 111 cm³/mol. The van der Waals surface area contributed by atoms with E-state index in [9.17, 15) is 9.59 Å². The molecule has 30 heavy (non-hydrogen) atoms. The van der Waals surface area contributed by atoms with Crippen LogP contribution in [0.25, 0.3) is 5.95 Å². The maximum Gasteiger partial charge on any atom is 0.265 e. The highest BCUT2D eigenvalue weighted by Crippen LogP contribution is 2.31. The summed E-state index contributed by atoms with van der Waals surface area (Å²) in [5.41, 5.74) is 1.11. The van der Waals surface area contributed by atoms with Gasteiger partial charge in [-0.2, -0.15) is 9.78 Å². The van der Waals surface area contributed by atoms with E-state index in [1.807, 2.05) is 26.8 Å². The van der Waals surface area contributed by atoms with Crippen molar-refractivity contribution in [1.29, 1.82) is 0 Å². The molecule has 0 bridgehead atoms. The zero-order chi connectivity index (χ0) is 21.3. The number of rotatable bonds is 4. The molecular formula is C21H22N6O3. The molecule has 1 aliphatic rings. The fourth-order valence-corrected chi connectivity index (χ4v) is 3.04. The van der Waals surface area contributed by atoms with E-state index in [0.717, 1.165) is 5.69 Å². The highest BCUT2D eigenvalue weighted by Gasteiger charge is 2.28. The number of nitrogens with zero attached hydrogens (tertiary/aromatic N) is 5. The first-order valence-electron chi connectivity index (χ1n) is 9.53. The van der Waals surface area contributed by atoms with Crippen LogP contribution in [0.15, 0.2) is 48.8 Å². The molecule has 0 saturated carbocycles. The molecule has 0 aliphatic carbocycles. The summed E-state index contributed by atoms with van der Waals surface area (Å²) in [6.07, 6.45) is 3.21. The Morgan fingerprint density at radius 1 is 1.17 bits per heavy atom. The molecule has 1 aliphatic heterocycles. The summed E-state index contributed by atoms with van der Waals surface area (Å²) < 4.78 is 6.92. The number of amides is 2. The van der Waals surface area contributed by atoms with Crippen LogP contribution in [0.1, 0.15) is 26.5 Å². The second kappa shape index (κ2) is 7.58. The van der Waals surface area contributed by atoms with E-state index in [1.165, 1.54) is 9.58 Å². The van der Waals surface area contributed by atoms with Gasteiger partial charge in [-0.05, 0) is 18.2 Å². The number of anilines is 2. The molecule has 3 heterocycles. The van der Waals surface area contributed by atoms with Gasteiger partial charge < -0.3 is 10.1 Å². The Hall–Kier alpha value is -3.75. The average molecular weight is 406 g/mol. The number of para-hydroxylation sites is 2. The van der Waals surface area contributed by atoms with E-state index in [1.54, 1.807) is 42.7 Å². The largest absolute Gasteiger partial charge is 0.482 e. The van der Waals surface area contributed by atoms with Gasteiger partial charge in [-0.15, -0.1) is 0 Å². The lowest BCUT2D eigenvalue weighted by Gasteiger charge is -2.28. The van der Waals surface area contributed by atoms with Crippen LogP contribution < -0.4 is 15.0 Å². The minimum absolute atomic E-state index is 0.103. The van der Waals surface area contributed by atoms with Crippen molar-refractivity contribution in [3.8, 4) is 11.7 Å². The molecular weight excluding hydrogens is 384 g/mol. The fourth-order valence-electron chi connectivity index (χ4n) is 3.04. The number of carbonyl (C=O) groups is 2. The van der Waals surface area contributed by atoms with Crippen LogP contribution in [0.4, 0.5) is 11.5 Å². The molecule has 9 heteroatoms. The van der Waals surface area contributed by atoms with E-state index in [0.29, 0.717) is 23.2 Å². The van der Waals surface area contributed by atoms with Gasteiger partial charge >= 0.3 is 0 Å². The van der Waals surface area contributed by atoms with Crippen molar-refractivity contribution in [1.82, 2.24) is 19.7 Å². The molecule has 2 aromatic heterocycles. The van der Waals surface area contributed by atoms with Crippen LogP contribution in [0.5, 0.6) is 5.75 Å². The standard InChI is InChI=1S/C21H22N6O3/c1-21(2,3)16-11-17(27(25-16)20-22-9-6-10-23-20)24-18(28)12-26-14-7-4-5-8-15(14)30-13-19(26)29/h4-11H,12-13H2,1-3H3,(H,24,28). The van der Waals surface area contributed by atoms with Gasteiger partial charge in [-0.1, -0.05) is 32.9 Å². The van der Waals surface area contributed by atoms with Gasteiger partial charge in [0.2, 0.25) is 5.91 Å². The van der Waals surface area contributed by atoms with Gasteiger partial charge in [0.05, 0.1) is 11.4 Å². The molecule has 3 aromatic rings. The van der Waals surface area contributed by atoms with Crippen LogP contribution in [0.3, 0.4) is 0 Å². The molecule has 0 atom stereocenters. The Labute approximate surface area is 173 Å². The number of ether oxygens (including phenoxy) is 1. The topological polar surface area (TPSA) is 102 Å². The van der Waals surface area contributed by atoms with Gasteiger partial charge in [0.1, 0.15) is 18.1 Å². The Morgan fingerprint density at radius 3 is 2.63 bits per heavy atom. The molecule has 1 aromatic carbocycles. The Balaban J connectivity index is 1.61. The second-order valence-corrected chi connectivity index (χ2v) is 7.91. The number of fused-ring (bicyclic) bond motifs is 1. The summed E-state index contributed by atoms with van der Waals surface area (Å²) in [5.74, 6) is 0.709. The molecule has 9 nitrogen and oxygen atoms in total. The van der Waals surface area contributed by atoms with Crippen LogP contribution in [-0.2, 0) is 15.0 Å². The predicted octanol–water partition coefficient (Wildman–Crippen LogP) is 2.32. The zero-order valence-electron chi connectivity index (χ0n) is 17.0. The molecule has 0 spiro atoms. The van der Waals surface area contributed by atoms with Crippen LogP contribution >= 0.6 is 0 Å². The summed E-state index contributed by atoms with van der Waals surface area (Å²) in [4.78, 5) is 35.1. The smallest absolute Gasteiger partial charge is 0.265 e. The maximum absolute atomic E-state index is 12.9. The SMILES string of the molecule is CC(C)(C)c1cc(NC(=O)CN2C(=O)COc3ccccc32)n(-c2ncccn2)n1. The van der Waals surface area contributed by atoms with Crippen molar-refractivity contribution in [2.24, 2.45) is 0 Å².